The molecule has 0 aliphatic carbocycles. The minimum atomic E-state index is -3.53. The van der Waals surface area contributed by atoms with Gasteiger partial charge in [-0.05, 0) is 24.0 Å². The van der Waals surface area contributed by atoms with Gasteiger partial charge in [-0.3, -0.25) is 0 Å². The van der Waals surface area contributed by atoms with E-state index in [9.17, 15) is 13.5 Å². The molecule has 0 fully saturated rings. The van der Waals surface area contributed by atoms with E-state index in [1.54, 1.807) is 0 Å². The van der Waals surface area contributed by atoms with Crippen molar-refractivity contribution in [3.63, 3.8) is 0 Å². The largest absolute Gasteiger partial charge is 0.395 e. The van der Waals surface area contributed by atoms with Crippen molar-refractivity contribution in [3.05, 3.63) is 41.3 Å². The molecule has 19 heavy (non-hydrogen) atoms. The molecule has 0 saturated carbocycles. The summed E-state index contributed by atoms with van der Waals surface area (Å²) in [6, 6.07) is 8.76. The zero-order valence-corrected chi connectivity index (χ0v) is 12.1. The lowest BCUT2D eigenvalue weighted by atomic mass is 10.1. The Hall–Kier alpha value is -1.17. The molecule has 0 aliphatic rings. The van der Waals surface area contributed by atoms with E-state index in [2.05, 4.69) is 4.72 Å². The van der Waals surface area contributed by atoms with Gasteiger partial charge in [0, 0.05) is 11.4 Å². The molecule has 0 amide bonds. The molecule has 1 aromatic rings. The predicted octanol–water partition coefficient (Wildman–Crippen LogP) is 1.98. The van der Waals surface area contributed by atoms with Crippen LogP contribution in [0.3, 0.4) is 0 Å². The topological polar surface area (TPSA) is 66.4 Å². The van der Waals surface area contributed by atoms with Crippen LogP contribution >= 0.6 is 0 Å². The Labute approximate surface area is 115 Å². The standard InChI is InChI=1S/C14H21NO3S/c1-12(2)10-14(11-16)15-19(17,18)9-8-13-6-4-3-5-7-13/h3-9,12,14-16H,10-11H2,1-2H3/b9-8+. The van der Waals surface area contributed by atoms with Crippen molar-refractivity contribution in [2.45, 2.75) is 26.3 Å². The summed E-state index contributed by atoms with van der Waals surface area (Å²) in [6.45, 7) is 3.77. The summed E-state index contributed by atoms with van der Waals surface area (Å²) in [5.41, 5.74) is 0.817. The van der Waals surface area contributed by atoms with Gasteiger partial charge in [0.2, 0.25) is 10.0 Å². The SMILES string of the molecule is CC(C)CC(CO)NS(=O)(=O)/C=C/c1ccccc1. The second kappa shape index (κ2) is 7.43. The third kappa shape index (κ3) is 6.52. The number of hydrogen-bond acceptors (Lipinski definition) is 3. The highest BCUT2D eigenvalue weighted by atomic mass is 32.2. The van der Waals surface area contributed by atoms with Gasteiger partial charge < -0.3 is 5.11 Å². The van der Waals surface area contributed by atoms with Crippen molar-refractivity contribution in [3.8, 4) is 0 Å². The Morgan fingerprint density at radius 1 is 1.26 bits per heavy atom. The number of aliphatic hydroxyl groups is 1. The highest BCUT2D eigenvalue weighted by Gasteiger charge is 2.15. The average molecular weight is 283 g/mol. The van der Waals surface area contributed by atoms with Gasteiger partial charge in [-0.15, -0.1) is 0 Å². The Morgan fingerprint density at radius 3 is 2.42 bits per heavy atom. The first-order chi connectivity index (χ1) is 8.93. The van der Waals surface area contributed by atoms with Crippen molar-refractivity contribution in [2.24, 2.45) is 5.92 Å². The van der Waals surface area contributed by atoms with Crippen LogP contribution in [0.15, 0.2) is 35.7 Å². The minimum Gasteiger partial charge on any atom is -0.395 e. The molecule has 1 rings (SSSR count). The fraction of sp³-hybridized carbons (Fsp3) is 0.429. The quantitative estimate of drug-likeness (QED) is 0.804. The molecule has 0 aromatic heterocycles. The Morgan fingerprint density at radius 2 is 1.89 bits per heavy atom. The lowest BCUT2D eigenvalue weighted by Crippen LogP contribution is -2.37. The van der Waals surface area contributed by atoms with Crippen LogP contribution in [0.1, 0.15) is 25.8 Å². The van der Waals surface area contributed by atoms with Crippen molar-refractivity contribution in [1.82, 2.24) is 4.72 Å². The molecular formula is C14H21NO3S. The normalized spacial score (nSPS) is 14.1. The second-order valence-electron chi connectivity index (χ2n) is 4.89. The Kier molecular flexibility index (Phi) is 6.21. The molecule has 0 saturated heterocycles. The fourth-order valence-corrected chi connectivity index (χ4v) is 2.78. The summed E-state index contributed by atoms with van der Waals surface area (Å²) in [5, 5.41) is 10.3. The first-order valence-electron chi connectivity index (χ1n) is 6.29. The first kappa shape index (κ1) is 15.9. The van der Waals surface area contributed by atoms with Gasteiger partial charge in [-0.2, -0.15) is 0 Å². The van der Waals surface area contributed by atoms with Gasteiger partial charge in [-0.1, -0.05) is 44.2 Å². The fourth-order valence-electron chi connectivity index (χ4n) is 1.73. The zero-order chi connectivity index (χ0) is 14.3. The molecule has 0 bridgehead atoms. The van der Waals surface area contributed by atoms with Gasteiger partial charge >= 0.3 is 0 Å². The third-order valence-electron chi connectivity index (χ3n) is 2.55. The van der Waals surface area contributed by atoms with Crippen LogP contribution in [0.5, 0.6) is 0 Å². The summed E-state index contributed by atoms with van der Waals surface area (Å²) >= 11 is 0. The number of aliphatic hydroxyl groups excluding tert-OH is 1. The highest BCUT2D eigenvalue weighted by molar-refractivity contribution is 7.92. The zero-order valence-electron chi connectivity index (χ0n) is 11.3. The summed E-state index contributed by atoms with van der Waals surface area (Å²) in [7, 11) is -3.53. The maximum atomic E-state index is 11.8. The van der Waals surface area contributed by atoms with Crippen LogP contribution in [0, 0.1) is 5.92 Å². The van der Waals surface area contributed by atoms with Crippen LogP contribution in [0.25, 0.3) is 6.08 Å². The summed E-state index contributed by atoms with van der Waals surface area (Å²) in [6.07, 6.45) is 2.14. The van der Waals surface area contributed by atoms with Crippen LogP contribution in [-0.4, -0.2) is 26.2 Å². The molecule has 0 radical (unpaired) electrons. The maximum absolute atomic E-state index is 11.8. The van der Waals surface area contributed by atoms with Crippen molar-refractivity contribution >= 4 is 16.1 Å². The van der Waals surface area contributed by atoms with Crippen LogP contribution < -0.4 is 4.72 Å². The number of sulfonamides is 1. The van der Waals surface area contributed by atoms with E-state index in [-0.39, 0.29) is 6.61 Å². The monoisotopic (exact) mass is 283 g/mol. The van der Waals surface area contributed by atoms with Crippen LogP contribution in [-0.2, 0) is 10.0 Å². The van der Waals surface area contributed by atoms with E-state index in [0.717, 1.165) is 11.0 Å². The third-order valence-corrected chi connectivity index (χ3v) is 3.70. The molecular weight excluding hydrogens is 262 g/mol. The summed E-state index contributed by atoms with van der Waals surface area (Å²) < 4.78 is 26.2. The maximum Gasteiger partial charge on any atom is 0.234 e. The molecule has 5 heteroatoms. The average Bonchev–Trinajstić information content (AvgIpc) is 2.36. The number of rotatable bonds is 7. The summed E-state index contributed by atoms with van der Waals surface area (Å²) in [4.78, 5) is 0. The van der Waals surface area contributed by atoms with E-state index >= 15 is 0 Å². The molecule has 1 unspecified atom stereocenters. The molecule has 0 aliphatic heterocycles. The predicted molar refractivity (Wildman–Crippen MR) is 77.9 cm³/mol. The van der Waals surface area contributed by atoms with Gasteiger partial charge in [0.1, 0.15) is 0 Å². The molecule has 106 valence electrons. The molecule has 2 N–H and O–H groups in total. The van der Waals surface area contributed by atoms with Crippen molar-refractivity contribution in [1.29, 1.82) is 0 Å². The molecule has 0 spiro atoms. The van der Waals surface area contributed by atoms with Crippen molar-refractivity contribution in [2.75, 3.05) is 6.61 Å². The van der Waals surface area contributed by atoms with E-state index in [1.165, 1.54) is 6.08 Å². The van der Waals surface area contributed by atoms with Crippen LogP contribution in [0.4, 0.5) is 0 Å². The number of nitrogens with one attached hydrogen (secondary N) is 1. The molecule has 0 heterocycles. The van der Waals surface area contributed by atoms with E-state index in [0.29, 0.717) is 12.3 Å². The van der Waals surface area contributed by atoms with E-state index in [1.807, 2.05) is 44.2 Å². The molecule has 1 aromatic carbocycles. The molecule has 1 atom stereocenters. The lowest BCUT2D eigenvalue weighted by Gasteiger charge is -2.16. The molecule has 4 nitrogen and oxygen atoms in total. The minimum absolute atomic E-state index is 0.198. The van der Waals surface area contributed by atoms with Crippen molar-refractivity contribution < 1.29 is 13.5 Å². The Balaban J connectivity index is 2.68. The van der Waals surface area contributed by atoms with Gasteiger partial charge in [0.25, 0.3) is 0 Å². The van der Waals surface area contributed by atoms with E-state index < -0.39 is 16.1 Å². The first-order valence-corrected chi connectivity index (χ1v) is 7.84. The highest BCUT2D eigenvalue weighted by Crippen LogP contribution is 2.07. The Bertz CT molecular complexity index is 495. The number of hydrogen-bond donors (Lipinski definition) is 2. The van der Waals surface area contributed by atoms with Crippen LogP contribution in [0.2, 0.25) is 0 Å². The smallest absolute Gasteiger partial charge is 0.234 e. The second-order valence-corrected chi connectivity index (χ2v) is 6.48. The number of benzene rings is 1. The van der Waals surface area contributed by atoms with Gasteiger partial charge in [-0.25, -0.2) is 13.1 Å². The summed E-state index contributed by atoms with van der Waals surface area (Å²) in [5.74, 6) is 0.318. The van der Waals surface area contributed by atoms with Gasteiger partial charge in [0.05, 0.1) is 6.61 Å². The van der Waals surface area contributed by atoms with E-state index in [4.69, 9.17) is 0 Å². The lowest BCUT2D eigenvalue weighted by molar-refractivity contribution is 0.240. The van der Waals surface area contributed by atoms with Gasteiger partial charge in [0.15, 0.2) is 0 Å².